The van der Waals surface area contributed by atoms with Crippen molar-refractivity contribution in [2.75, 3.05) is 12.8 Å². The van der Waals surface area contributed by atoms with Crippen molar-refractivity contribution in [3.63, 3.8) is 0 Å². The molecule has 1 aromatic rings. The Bertz CT molecular complexity index is 495. The second-order valence-electron chi connectivity index (χ2n) is 5.08. The van der Waals surface area contributed by atoms with Crippen molar-refractivity contribution in [3.05, 3.63) is 29.8 Å². The molecule has 0 saturated carbocycles. The summed E-state index contributed by atoms with van der Waals surface area (Å²) in [5, 5.41) is 8.96. The maximum absolute atomic E-state index is 10.9. The number of nitrogens with zero attached hydrogens (tertiary/aromatic N) is 1. The molecule has 0 unspecified atom stereocenters. The molecule has 0 bridgehead atoms. The molecule has 19 heavy (non-hydrogen) atoms. The summed E-state index contributed by atoms with van der Waals surface area (Å²) in [5.74, 6) is 6.10. The van der Waals surface area contributed by atoms with Crippen molar-refractivity contribution < 1.29 is 9.90 Å². The predicted octanol–water partition coefficient (Wildman–Crippen LogP) is 2.79. The Morgan fingerprint density at radius 2 is 1.95 bits per heavy atom. The van der Waals surface area contributed by atoms with Gasteiger partial charge in [0.25, 0.3) is 0 Å². The Labute approximate surface area is 114 Å². The van der Waals surface area contributed by atoms with E-state index in [1.165, 1.54) is 4.90 Å². The Kier molecular flexibility index (Phi) is 4.82. The van der Waals surface area contributed by atoms with E-state index in [0.29, 0.717) is 12.8 Å². The monoisotopic (exact) mass is 260 g/mol. The van der Waals surface area contributed by atoms with E-state index in [4.69, 9.17) is 10.8 Å². The molecule has 0 radical (unpaired) electrons. The van der Waals surface area contributed by atoms with Crippen molar-refractivity contribution in [2.24, 2.45) is 0 Å². The Balaban J connectivity index is 2.55. The smallest absolute Gasteiger partial charge is 0.407 e. The molecule has 0 spiro atoms. The molecule has 0 fully saturated rings. The first-order valence-electron chi connectivity index (χ1n) is 6.14. The molecule has 1 rings (SSSR count). The first-order valence-corrected chi connectivity index (χ1v) is 6.14. The van der Waals surface area contributed by atoms with Crippen LogP contribution in [0.2, 0.25) is 0 Å². The van der Waals surface area contributed by atoms with Crippen molar-refractivity contribution >= 4 is 11.8 Å². The average molecular weight is 260 g/mol. The van der Waals surface area contributed by atoms with Gasteiger partial charge < -0.3 is 15.7 Å². The molecule has 0 aliphatic rings. The molecule has 0 aliphatic carbocycles. The fourth-order valence-electron chi connectivity index (χ4n) is 1.53. The standard InChI is InChI=1S/C15H20N2O2/c1-15(2,17(3)14(18)19)11-5-4-6-12-7-9-13(16)10-8-12/h7-10H,5,11,16H2,1-3H3,(H,18,19). The molecule has 1 amide bonds. The van der Waals surface area contributed by atoms with Gasteiger partial charge in [0.2, 0.25) is 0 Å². The lowest BCUT2D eigenvalue weighted by molar-refractivity contribution is 0.107. The Morgan fingerprint density at radius 1 is 1.37 bits per heavy atom. The number of benzene rings is 1. The molecule has 1 aromatic carbocycles. The van der Waals surface area contributed by atoms with E-state index in [1.807, 2.05) is 38.1 Å². The van der Waals surface area contributed by atoms with Gasteiger partial charge in [0.15, 0.2) is 0 Å². The predicted molar refractivity (Wildman–Crippen MR) is 76.8 cm³/mol. The molecule has 102 valence electrons. The molecular formula is C15H20N2O2. The van der Waals surface area contributed by atoms with Crippen LogP contribution in [0.15, 0.2) is 24.3 Å². The van der Waals surface area contributed by atoms with Crippen LogP contribution < -0.4 is 5.73 Å². The molecule has 0 saturated heterocycles. The maximum atomic E-state index is 10.9. The van der Waals surface area contributed by atoms with E-state index in [9.17, 15) is 4.79 Å². The van der Waals surface area contributed by atoms with Gasteiger partial charge in [-0.15, -0.1) is 0 Å². The molecule has 4 heteroatoms. The van der Waals surface area contributed by atoms with Gasteiger partial charge >= 0.3 is 6.09 Å². The van der Waals surface area contributed by atoms with Crippen LogP contribution in [0.25, 0.3) is 0 Å². The van der Waals surface area contributed by atoms with E-state index >= 15 is 0 Å². The van der Waals surface area contributed by atoms with Crippen LogP contribution in [0, 0.1) is 11.8 Å². The second kappa shape index (κ2) is 6.14. The largest absolute Gasteiger partial charge is 0.465 e. The van der Waals surface area contributed by atoms with E-state index in [-0.39, 0.29) is 0 Å². The van der Waals surface area contributed by atoms with E-state index in [0.717, 1.165) is 11.3 Å². The molecule has 0 aliphatic heterocycles. The summed E-state index contributed by atoms with van der Waals surface area (Å²) in [6, 6.07) is 7.37. The van der Waals surface area contributed by atoms with Crippen molar-refractivity contribution in [1.29, 1.82) is 0 Å². The molecule has 0 heterocycles. The minimum Gasteiger partial charge on any atom is -0.465 e. The number of hydrogen-bond acceptors (Lipinski definition) is 2. The number of amides is 1. The average Bonchev–Trinajstić information content (AvgIpc) is 2.35. The third-order valence-electron chi connectivity index (χ3n) is 3.20. The highest BCUT2D eigenvalue weighted by molar-refractivity contribution is 5.65. The number of nitrogen functional groups attached to an aromatic ring is 1. The fraction of sp³-hybridized carbons (Fsp3) is 0.400. The summed E-state index contributed by atoms with van der Waals surface area (Å²) < 4.78 is 0. The number of nitrogens with two attached hydrogens (primary N) is 1. The van der Waals surface area contributed by atoms with E-state index in [2.05, 4.69) is 11.8 Å². The van der Waals surface area contributed by atoms with Gasteiger partial charge in [0.05, 0.1) is 0 Å². The first-order chi connectivity index (χ1) is 8.83. The number of anilines is 1. The number of hydrogen-bond donors (Lipinski definition) is 2. The summed E-state index contributed by atoms with van der Waals surface area (Å²) in [4.78, 5) is 12.2. The third kappa shape index (κ3) is 4.55. The lowest BCUT2D eigenvalue weighted by atomic mass is 9.97. The van der Waals surface area contributed by atoms with E-state index < -0.39 is 11.6 Å². The van der Waals surface area contributed by atoms with Gasteiger partial charge in [-0.1, -0.05) is 11.8 Å². The highest BCUT2D eigenvalue weighted by Gasteiger charge is 2.26. The SMILES string of the molecule is CN(C(=O)O)C(C)(C)CCC#Cc1ccc(N)cc1. The number of carboxylic acid groups (broad SMARTS) is 1. The van der Waals surface area contributed by atoms with Crippen LogP contribution in [-0.2, 0) is 0 Å². The zero-order valence-corrected chi connectivity index (χ0v) is 11.6. The van der Waals surface area contributed by atoms with Crippen molar-refractivity contribution in [1.82, 2.24) is 4.90 Å². The van der Waals surface area contributed by atoms with Gasteiger partial charge in [0.1, 0.15) is 0 Å². The normalized spacial score (nSPS) is 10.5. The molecule has 0 atom stereocenters. The van der Waals surface area contributed by atoms with Gasteiger partial charge in [-0.2, -0.15) is 0 Å². The Hall–Kier alpha value is -2.15. The van der Waals surface area contributed by atoms with Gasteiger partial charge in [-0.25, -0.2) is 4.79 Å². The van der Waals surface area contributed by atoms with Crippen LogP contribution >= 0.6 is 0 Å². The second-order valence-corrected chi connectivity index (χ2v) is 5.08. The van der Waals surface area contributed by atoms with Crippen molar-refractivity contribution in [3.8, 4) is 11.8 Å². The zero-order chi connectivity index (χ0) is 14.5. The zero-order valence-electron chi connectivity index (χ0n) is 11.6. The number of rotatable bonds is 3. The number of carbonyl (C=O) groups is 1. The van der Waals surface area contributed by atoms with Crippen LogP contribution in [-0.4, -0.2) is 28.7 Å². The minimum absolute atomic E-state index is 0.415. The van der Waals surface area contributed by atoms with Crippen LogP contribution in [0.4, 0.5) is 10.5 Å². The maximum Gasteiger partial charge on any atom is 0.407 e. The third-order valence-corrected chi connectivity index (χ3v) is 3.20. The summed E-state index contributed by atoms with van der Waals surface area (Å²) in [6.45, 7) is 3.79. The highest BCUT2D eigenvalue weighted by Crippen LogP contribution is 2.18. The van der Waals surface area contributed by atoms with Crippen molar-refractivity contribution in [2.45, 2.75) is 32.2 Å². The molecule has 0 aromatic heterocycles. The lowest BCUT2D eigenvalue weighted by Crippen LogP contribution is -2.44. The summed E-state index contributed by atoms with van der Waals surface area (Å²) in [7, 11) is 1.58. The van der Waals surface area contributed by atoms with E-state index in [1.54, 1.807) is 7.05 Å². The fourth-order valence-corrected chi connectivity index (χ4v) is 1.53. The summed E-state index contributed by atoms with van der Waals surface area (Å²) in [5.41, 5.74) is 6.81. The van der Waals surface area contributed by atoms with Gasteiger partial charge in [-0.05, 0) is 44.5 Å². The van der Waals surface area contributed by atoms with Gasteiger partial charge in [-0.3, -0.25) is 0 Å². The van der Waals surface area contributed by atoms with Crippen LogP contribution in [0.3, 0.4) is 0 Å². The Morgan fingerprint density at radius 3 is 2.47 bits per heavy atom. The first kappa shape index (κ1) is 14.9. The summed E-state index contributed by atoms with van der Waals surface area (Å²) >= 11 is 0. The molecule has 3 N–H and O–H groups in total. The molecular weight excluding hydrogens is 240 g/mol. The minimum atomic E-state index is -0.920. The molecule has 4 nitrogen and oxygen atoms in total. The summed E-state index contributed by atoms with van der Waals surface area (Å²) in [6.07, 6.45) is 0.420. The quantitative estimate of drug-likeness (QED) is 0.648. The topological polar surface area (TPSA) is 66.6 Å². The van der Waals surface area contributed by atoms with Crippen LogP contribution in [0.1, 0.15) is 32.3 Å². The highest BCUT2D eigenvalue weighted by atomic mass is 16.4. The van der Waals surface area contributed by atoms with Crippen LogP contribution in [0.5, 0.6) is 0 Å². The van der Waals surface area contributed by atoms with Gasteiger partial charge in [0, 0.05) is 30.3 Å². The lowest BCUT2D eigenvalue weighted by Gasteiger charge is -2.32.